The highest BCUT2D eigenvalue weighted by Crippen LogP contribution is 2.70. The van der Waals surface area contributed by atoms with Gasteiger partial charge < -0.3 is 18.6 Å². The van der Waals surface area contributed by atoms with Gasteiger partial charge >= 0.3 is 0 Å². The van der Waals surface area contributed by atoms with Crippen molar-refractivity contribution in [2.24, 2.45) is 23.7 Å². The molecule has 0 amide bonds. The first-order valence-corrected chi connectivity index (χ1v) is 28.6. The number of hydrogen-bond acceptors (Lipinski definition) is 4. The third kappa shape index (κ3) is 6.90. The Hall–Kier alpha value is -8.08. The second-order valence-corrected chi connectivity index (χ2v) is 25.9. The molecular weight excluding hydrogens is 949 g/mol. The van der Waals surface area contributed by atoms with Crippen molar-refractivity contribution < 1.29 is 8.83 Å². The van der Waals surface area contributed by atoms with Crippen LogP contribution in [0, 0.1) is 23.7 Å². The van der Waals surface area contributed by atoms with Crippen LogP contribution in [0.15, 0.2) is 203 Å². The van der Waals surface area contributed by atoms with Gasteiger partial charge in [0.05, 0.1) is 0 Å². The van der Waals surface area contributed by atoms with Gasteiger partial charge in [-0.05, 0) is 243 Å². The number of anilines is 6. The molecule has 17 rings (SSSR count). The zero-order valence-corrected chi connectivity index (χ0v) is 45.5. The molecule has 4 heteroatoms. The molecule has 4 nitrogen and oxygen atoms in total. The summed E-state index contributed by atoms with van der Waals surface area (Å²) in [5.74, 6) is 2.93. The van der Waals surface area contributed by atoms with Crippen LogP contribution in [0.3, 0.4) is 0 Å². The van der Waals surface area contributed by atoms with E-state index in [1.54, 1.807) is 11.1 Å². The highest BCUT2D eigenvalue weighted by molar-refractivity contribution is 6.08. The van der Waals surface area contributed by atoms with Crippen molar-refractivity contribution in [1.29, 1.82) is 0 Å². The topological polar surface area (TPSA) is 32.8 Å². The lowest BCUT2D eigenvalue weighted by atomic mass is 9.43. The maximum Gasteiger partial charge on any atom is 0.135 e. The highest BCUT2D eigenvalue weighted by Gasteiger charge is 2.61. The second-order valence-electron chi connectivity index (χ2n) is 25.9. The summed E-state index contributed by atoms with van der Waals surface area (Å²) in [6.07, 6.45) is 6.74. The summed E-state index contributed by atoms with van der Waals surface area (Å²) in [6.45, 7) is 13.8. The number of benzene rings is 10. The molecule has 10 aromatic carbocycles. The van der Waals surface area contributed by atoms with Crippen LogP contribution in [-0.4, -0.2) is 0 Å². The molecule has 12 aromatic rings. The van der Waals surface area contributed by atoms with E-state index >= 15 is 0 Å². The molecule has 4 bridgehead atoms. The Morgan fingerprint density at radius 2 is 0.718 bits per heavy atom. The predicted octanol–water partition coefficient (Wildman–Crippen LogP) is 21.0. The first kappa shape index (κ1) is 46.1. The minimum absolute atomic E-state index is 0.0296. The minimum Gasteiger partial charge on any atom is -0.456 e. The average molecular weight is 1010 g/mol. The second kappa shape index (κ2) is 16.5. The summed E-state index contributed by atoms with van der Waals surface area (Å²) in [5, 5.41) is 9.73. The summed E-state index contributed by atoms with van der Waals surface area (Å²) < 4.78 is 12.7. The van der Waals surface area contributed by atoms with E-state index in [0.29, 0.717) is 11.8 Å². The van der Waals surface area contributed by atoms with Crippen LogP contribution in [0.4, 0.5) is 34.1 Å². The van der Waals surface area contributed by atoms with E-state index in [0.717, 1.165) is 89.8 Å². The molecule has 5 aliphatic rings. The Bertz CT molecular complexity index is 4130. The number of furan rings is 2. The van der Waals surface area contributed by atoms with Gasteiger partial charge in [0.15, 0.2) is 0 Å². The Morgan fingerprint density at radius 1 is 0.346 bits per heavy atom. The van der Waals surface area contributed by atoms with Crippen molar-refractivity contribution >= 4 is 99.5 Å². The van der Waals surface area contributed by atoms with E-state index in [1.165, 1.54) is 75.9 Å². The van der Waals surface area contributed by atoms with E-state index in [9.17, 15) is 0 Å². The van der Waals surface area contributed by atoms with Crippen LogP contribution in [0.1, 0.15) is 95.9 Å². The summed E-state index contributed by atoms with van der Waals surface area (Å²) in [6, 6.07) is 73.6. The quantitative estimate of drug-likeness (QED) is 0.166. The summed E-state index contributed by atoms with van der Waals surface area (Å²) in [5.41, 5.74) is 19.2. The first-order valence-electron chi connectivity index (χ1n) is 28.6. The van der Waals surface area contributed by atoms with Crippen LogP contribution in [0.25, 0.3) is 76.5 Å². The molecule has 0 unspecified atom stereocenters. The first-order chi connectivity index (χ1) is 37.8. The van der Waals surface area contributed by atoms with E-state index in [2.05, 4.69) is 245 Å². The fourth-order valence-electron chi connectivity index (χ4n) is 15.8. The van der Waals surface area contributed by atoms with Gasteiger partial charge in [-0.3, -0.25) is 0 Å². The molecule has 5 aliphatic carbocycles. The fourth-order valence-corrected chi connectivity index (χ4v) is 15.8. The van der Waals surface area contributed by atoms with E-state index in [-0.39, 0.29) is 16.2 Å². The monoisotopic (exact) mass is 1010 g/mol. The molecule has 2 aromatic heterocycles. The summed E-state index contributed by atoms with van der Waals surface area (Å²) >= 11 is 0. The summed E-state index contributed by atoms with van der Waals surface area (Å²) in [4.78, 5) is 4.91. The Labute approximate surface area is 456 Å². The van der Waals surface area contributed by atoms with Crippen molar-refractivity contribution in [2.75, 3.05) is 9.80 Å². The van der Waals surface area contributed by atoms with Crippen LogP contribution < -0.4 is 9.80 Å². The number of para-hydroxylation sites is 2. The van der Waals surface area contributed by atoms with Crippen molar-refractivity contribution in [1.82, 2.24) is 0 Å². The van der Waals surface area contributed by atoms with Crippen LogP contribution in [0.5, 0.6) is 0 Å². The van der Waals surface area contributed by atoms with Gasteiger partial charge in [0.1, 0.15) is 22.3 Å². The molecule has 0 radical (unpaired) electrons. The number of rotatable bonds is 6. The third-order valence-electron chi connectivity index (χ3n) is 19.3. The Morgan fingerprint density at radius 3 is 1.14 bits per heavy atom. The van der Waals surface area contributed by atoms with Gasteiger partial charge in [0.25, 0.3) is 0 Å². The zero-order valence-electron chi connectivity index (χ0n) is 45.5. The van der Waals surface area contributed by atoms with Crippen LogP contribution in [0.2, 0.25) is 0 Å². The van der Waals surface area contributed by atoms with Crippen LogP contribution in [-0.2, 0) is 16.2 Å². The molecule has 0 saturated heterocycles. The van der Waals surface area contributed by atoms with Gasteiger partial charge in [-0.2, -0.15) is 0 Å². The van der Waals surface area contributed by atoms with Gasteiger partial charge in [0.2, 0.25) is 0 Å². The molecule has 4 saturated carbocycles. The minimum atomic E-state index is -0.0296. The fraction of sp³-hybridized carbons (Fsp3) is 0.243. The van der Waals surface area contributed by atoms with Gasteiger partial charge in [-0.15, -0.1) is 0 Å². The maximum atomic E-state index is 6.36. The molecule has 0 atom stereocenters. The zero-order chi connectivity index (χ0) is 52.4. The molecule has 382 valence electrons. The molecule has 1 spiro atoms. The van der Waals surface area contributed by atoms with Crippen molar-refractivity contribution in [3.63, 3.8) is 0 Å². The largest absolute Gasteiger partial charge is 0.456 e. The van der Waals surface area contributed by atoms with Gasteiger partial charge in [-0.1, -0.05) is 114 Å². The number of hydrogen-bond donors (Lipinski definition) is 0. The Kier molecular flexibility index (Phi) is 9.73. The lowest BCUT2D eigenvalue weighted by Crippen LogP contribution is -2.55. The molecule has 2 heterocycles. The van der Waals surface area contributed by atoms with Crippen molar-refractivity contribution in [3.8, 4) is 11.1 Å². The lowest BCUT2D eigenvalue weighted by molar-refractivity contribution is -0.0398. The summed E-state index contributed by atoms with van der Waals surface area (Å²) in [7, 11) is 0. The normalized spacial score (nSPS) is 19.3. The van der Waals surface area contributed by atoms with Gasteiger partial charge in [-0.25, -0.2) is 0 Å². The van der Waals surface area contributed by atoms with Crippen molar-refractivity contribution in [2.45, 2.75) is 89.9 Å². The van der Waals surface area contributed by atoms with Gasteiger partial charge in [0, 0.05) is 61.1 Å². The highest BCUT2D eigenvalue weighted by atomic mass is 16.3. The molecule has 0 N–H and O–H groups in total. The number of nitrogens with zero attached hydrogens (tertiary/aromatic N) is 2. The van der Waals surface area contributed by atoms with E-state index in [4.69, 9.17) is 8.83 Å². The SMILES string of the molecule is CC(C)(C)c1ccc(N(c2ccc3cc4c(cc3c2)C2(c3cc5cc(N(c6ccc(C(C)(C)C)cc6)c6ccc7oc8ccccc8c7c6)ccc5cc3-4)C3CC4CC(C3)CC2C4)c2ccc3oc4ccccc4c3c2)cc1. The number of fused-ring (bicyclic) bond motifs is 11. The third-order valence-corrected chi connectivity index (χ3v) is 19.3. The van der Waals surface area contributed by atoms with E-state index < -0.39 is 0 Å². The predicted molar refractivity (Wildman–Crippen MR) is 326 cm³/mol. The molecule has 4 fully saturated rings. The standard InChI is InChI=1S/C74H64N2O2/c1-72(2,3)50-17-23-54(24-18-50)75(58-27-29-70-64(42-58)60-11-7-9-13-68(60)77-70)56-21-15-46-38-62-63-39-47-16-22-57(37-49(47)41-67(63)74(66(62)40-48(46)36-56)52-32-44-31-45(34-52)35-53(74)33-44)76(55-25-19-51(20-26-55)73(4,5)6)59-28-30-71-65(43-59)61-12-8-10-14-69(61)78-71/h7-30,36-45,52-53H,31-35H2,1-6H3. The maximum absolute atomic E-state index is 6.36. The van der Waals surface area contributed by atoms with E-state index in [1.807, 2.05) is 0 Å². The molecular formula is C74H64N2O2. The Balaban J connectivity index is 0.859. The lowest BCUT2D eigenvalue weighted by Gasteiger charge is -2.61. The smallest absolute Gasteiger partial charge is 0.135 e. The molecule has 0 aliphatic heterocycles. The van der Waals surface area contributed by atoms with Crippen molar-refractivity contribution in [3.05, 3.63) is 216 Å². The average Bonchev–Trinajstić information content (AvgIpc) is 3.29. The molecule has 78 heavy (non-hydrogen) atoms. The van der Waals surface area contributed by atoms with Crippen LogP contribution >= 0.6 is 0 Å².